The lowest BCUT2D eigenvalue weighted by Gasteiger charge is -2.26. The number of H-pyrrole nitrogens is 2. The van der Waals surface area contributed by atoms with Crippen LogP contribution < -0.4 is 10.6 Å². The highest BCUT2D eigenvalue weighted by Crippen LogP contribution is 2.46. The van der Waals surface area contributed by atoms with E-state index < -0.39 is 0 Å². The number of nitrogens with zero attached hydrogens (tertiary/aromatic N) is 2. The molecule has 3 aromatic heterocycles. The number of amides is 2. The average molecular weight is 1220 g/mol. The Morgan fingerprint density at radius 1 is 0.363 bits per heavy atom. The van der Waals surface area contributed by atoms with Crippen LogP contribution in [0.1, 0.15) is 260 Å². The Morgan fingerprint density at radius 2 is 0.637 bits per heavy atom. The monoisotopic (exact) mass is 1220 g/mol. The highest BCUT2D eigenvalue weighted by atomic mass is 16.2. The van der Waals surface area contributed by atoms with Gasteiger partial charge in [0.15, 0.2) is 0 Å². The number of carbonyl (C=O) groups is 2. The Morgan fingerprint density at radius 3 is 0.934 bits per heavy atom. The Kier molecular flexibility index (Phi) is 18.0. The van der Waals surface area contributed by atoms with Crippen molar-refractivity contribution in [3.63, 3.8) is 0 Å². The van der Waals surface area contributed by atoms with Crippen molar-refractivity contribution in [1.29, 1.82) is 0 Å². The van der Waals surface area contributed by atoms with E-state index in [1.807, 2.05) is 6.92 Å². The number of aromatic amines is 2. The largest absolute Gasteiger partial charge is 0.356 e. The van der Waals surface area contributed by atoms with Gasteiger partial charge in [0.25, 0.3) is 0 Å². The third-order valence-corrected chi connectivity index (χ3v) is 18.1. The van der Waals surface area contributed by atoms with Crippen LogP contribution in [0.5, 0.6) is 0 Å². The molecular formula is C83H106N6O2. The van der Waals surface area contributed by atoms with Crippen LogP contribution in [0.25, 0.3) is 90.5 Å². The van der Waals surface area contributed by atoms with Gasteiger partial charge >= 0.3 is 0 Å². The normalized spacial score (nSPS) is 13.6. The van der Waals surface area contributed by atoms with E-state index in [4.69, 9.17) is 9.97 Å². The first-order valence-electron chi connectivity index (χ1n) is 33.3. The number of aromatic nitrogens is 4. The zero-order valence-electron chi connectivity index (χ0n) is 60.0. The number of hydrogen-bond acceptors (Lipinski definition) is 4. The molecular weight excluding hydrogens is 1110 g/mol. The SMILES string of the molecule is CCCNC(=O)CCC(=O)NC1=Cc2nc1c(-c1cc(C(C)(C)C)cc(C(C)(C)C)c1)c1ccc([nH]1)c(-c1cc(C(C)(C)C)cc(C(C)(C)C)c1)c1nc(c(-c3cc(C(C)(C)C)cc(C(C)(C)C)c3)c3ccc([nH]3)c2-c2cc(C(C)(C)C)cc(C(C)(C)C)c2)C=C1. The number of nitrogens with one attached hydrogen (secondary N) is 4. The van der Waals surface area contributed by atoms with Crippen LogP contribution in [0.15, 0.2) is 97.1 Å². The molecule has 2 amide bonds. The molecule has 2 aliphatic rings. The van der Waals surface area contributed by atoms with Crippen LogP contribution in [0.3, 0.4) is 0 Å². The van der Waals surface area contributed by atoms with Gasteiger partial charge in [-0.05, 0) is 159 Å². The summed E-state index contributed by atoms with van der Waals surface area (Å²) in [6.07, 6.45) is 7.35. The van der Waals surface area contributed by atoms with Crippen LogP contribution >= 0.6 is 0 Å². The predicted molar refractivity (Wildman–Crippen MR) is 390 cm³/mol. The fourth-order valence-electron chi connectivity index (χ4n) is 11.9. The third-order valence-electron chi connectivity index (χ3n) is 18.1. The minimum atomic E-state index is -0.273. The highest BCUT2D eigenvalue weighted by Gasteiger charge is 2.31. The topological polar surface area (TPSA) is 116 Å². The molecule has 4 aromatic carbocycles. The van der Waals surface area contributed by atoms with Crippen LogP contribution in [-0.4, -0.2) is 38.3 Å². The first-order valence-corrected chi connectivity index (χ1v) is 33.3. The summed E-state index contributed by atoms with van der Waals surface area (Å²) in [5.41, 5.74) is 23.0. The minimum Gasteiger partial charge on any atom is -0.356 e. The third kappa shape index (κ3) is 15.0. The standard InChI is InChI=1S/C83H106N6O2/c1-26-35-84-69(90)33-34-70(91)88-68-48-67-73(51-40-57(80(14,15)16)46-58(41-51)81(17,18)19)65-30-29-63(86-65)71(49-36-53(76(2,3)4)44-54(37-49)77(5,6)7)61-27-28-62(85-61)72(50-38-55(78(8,9)10)45-56(39-50)79(11,12)13)64-31-32-66(87-64)74(75(68)89-67)52-42-59(82(20,21)22)47-60(43-52)83(23,24)25/h27-32,36-48,86-87H,26,33-35H2,1-25H3,(H,84,90)(H,88,91). The van der Waals surface area contributed by atoms with E-state index in [2.05, 4.69) is 302 Å². The Bertz CT molecular complexity index is 4100. The minimum absolute atomic E-state index is 0.00673. The maximum atomic E-state index is 14.8. The molecule has 0 radical (unpaired) electrons. The summed E-state index contributed by atoms with van der Waals surface area (Å²) >= 11 is 0. The van der Waals surface area contributed by atoms with E-state index in [0.29, 0.717) is 23.6 Å². The molecule has 0 atom stereocenters. The van der Waals surface area contributed by atoms with E-state index in [1.54, 1.807) is 0 Å². The van der Waals surface area contributed by atoms with Crippen molar-refractivity contribution in [1.82, 2.24) is 30.6 Å². The van der Waals surface area contributed by atoms with Crippen molar-refractivity contribution in [2.45, 2.75) is 236 Å². The number of benzene rings is 4. The van der Waals surface area contributed by atoms with Gasteiger partial charge in [-0.25, -0.2) is 9.97 Å². The van der Waals surface area contributed by atoms with Crippen LogP contribution in [0.4, 0.5) is 0 Å². The molecule has 0 unspecified atom stereocenters. The second-order valence-electron chi connectivity index (χ2n) is 34.3. The Labute approximate surface area is 546 Å². The quantitative estimate of drug-likeness (QED) is 0.109. The van der Waals surface area contributed by atoms with E-state index >= 15 is 0 Å². The molecule has 7 aromatic rings. The molecule has 0 fully saturated rings. The molecule has 0 aliphatic carbocycles. The van der Waals surface area contributed by atoms with Crippen molar-refractivity contribution in [3.05, 3.63) is 164 Å². The fraction of sp³-hybridized carbons (Fsp3) is 0.446. The van der Waals surface area contributed by atoms with Crippen LogP contribution in [0.2, 0.25) is 0 Å². The lowest BCUT2D eigenvalue weighted by Crippen LogP contribution is -2.27. The lowest BCUT2D eigenvalue weighted by atomic mass is 9.78. The van der Waals surface area contributed by atoms with Crippen LogP contribution in [-0.2, 0) is 52.9 Å². The summed E-state index contributed by atoms with van der Waals surface area (Å²) in [7, 11) is 0. The van der Waals surface area contributed by atoms with Gasteiger partial charge in [-0.3, -0.25) is 9.59 Å². The summed E-state index contributed by atoms with van der Waals surface area (Å²) in [5, 5.41) is 6.40. The first-order chi connectivity index (χ1) is 41.9. The molecule has 0 spiro atoms. The van der Waals surface area contributed by atoms with Gasteiger partial charge in [0, 0.05) is 63.7 Å². The van der Waals surface area contributed by atoms with E-state index in [1.165, 1.54) is 44.5 Å². The van der Waals surface area contributed by atoms with Gasteiger partial charge < -0.3 is 20.6 Å². The fourth-order valence-corrected chi connectivity index (χ4v) is 11.9. The highest BCUT2D eigenvalue weighted by molar-refractivity contribution is 6.05. The van der Waals surface area contributed by atoms with Gasteiger partial charge in [-0.1, -0.05) is 246 Å². The molecule has 4 N–H and O–H groups in total. The second kappa shape index (κ2) is 24.1. The van der Waals surface area contributed by atoms with Crippen molar-refractivity contribution in [3.8, 4) is 44.5 Å². The van der Waals surface area contributed by atoms with Crippen molar-refractivity contribution in [2.75, 3.05) is 6.54 Å². The van der Waals surface area contributed by atoms with Crippen molar-refractivity contribution >= 4 is 57.8 Å². The van der Waals surface area contributed by atoms with Crippen molar-refractivity contribution < 1.29 is 9.59 Å². The maximum Gasteiger partial charge on any atom is 0.224 e. The van der Waals surface area contributed by atoms with Crippen molar-refractivity contribution in [2.24, 2.45) is 0 Å². The molecule has 0 saturated heterocycles. The molecule has 91 heavy (non-hydrogen) atoms. The first kappa shape index (κ1) is 67.8. The Balaban J connectivity index is 1.59. The van der Waals surface area contributed by atoms with Gasteiger partial charge in [-0.2, -0.15) is 0 Å². The molecule has 480 valence electrons. The summed E-state index contributed by atoms with van der Waals surface area (Å²) in [5.74, 6) is -0.427. The Hall–Kier alpha value is -7.58. The molecule has 2 aliphatic heterocycles. The lowest BCUT2D eigenvalue weighted by molar-refractivity contribution is -0.125. The summed E-state index contributed by atoms with van der Waals surface area (Å²) in [6.45, 7) is 57.4. The van der Waals surface area contributed by atoms with Gasteiger partial charge in [0.2, 0.25) is 11.8 Å². The molecule has 8 nitrogen and oxygen atoms in total. The predicted octanol–water partition coefficient (Wildman–Crippen LogP) is 21.5. The van der Waals surface area contributed by atoms with Gasteiger partial charge in [-0.15, -0.1) is 0 Å². The zero-order valence-corrected chi connectivity index (χ0v) is 60.0. The summed E-state index contributed by atoms with van der Waals surface area (Å²) < 4.78 is 0. The summed E-state index contributed by atoms with van der Waals surface area (Å²) in [4.78, 5) is 48.1. The molecule has 8 bridgehead atoms. The van der Waals surface area contributed by atoms with Gasteiger partial charge in [0.1, 0.15) is 0 Å². The summed E-state index contributed by atoms with van der Waals surface area (Å²) in [6, 6.07) is 37.1. The smallest absolute Gasteiger partial charge is 0.224 e. The average Bonchev–Trinajstić information content (AvgIpc) is 1.66. The molecule has 0 saturated carbocycles. The second-order valence-corrected chi connectivity index (χ2v) is 34.3. The number of hydrogen-bond donors (Lipinski definition) is 4. The number of fused-ring (bicyclic) bond motifs is 8. The zero-order chi connectivity index (χ0) is 67.1. The molecule has 8 heteroatoms. The van der Waals surface area contributed by atoms with E-state index in [-0.39, 0.29) is 68.0 Å². The molecule has 9 rings (SSSR count). The van der Waals surface area contributed by atoms with Gasteiger partial charge in [0.05, 0.1) is 28.5 Å². The molecule has 5 heterocycles. The number of rotatable bonds is 10. The van der Waals surface area contributed by atoms with E-state index in [9.17, 15) is 9.59 Å². The maximum absolute atomic E-state index is 14.8. The number of carbonyl (C=O) groups excluding carboxylic acids is 2. The van der Waals surface area contributed by atoms with Crippen LogP contribution in [0, 0.1) is 0 Å². The van der Waals surface area contributed by atoms with E-state index in [0.717, 1.165) is 84.4 Å².